The molecule has 0 atom stereocenters. The lowest BCUT2D eigenvalue weighted by Crippen LogP contribution is -2.45. The fourth-order valence-corrected chi connectivity index (χ4v) is 4.28. The largest absolute Gasteiger partial charge is 0.301 e. The summed E-state index contributed by atoms with van der Waals surface area (Å²) in [6.07, 6.45) is 9.33. The molecule has 1 N–H and O–H groups in total. The molecular weight excluding hydrogens is 404 g/mol. The number of nitrogens with one attached hydrogen (secondary N) is 1. The molecule has 1 aliphatic rings. The van der Waals surface area contributed by atoms with E-state index in [1.807, 2.05) is 30.9 Å². The van der Waals surface area contributed by atoms with Crippen molar-refractivity contribution in [1.82, 2.24) is 34.7 Å². The van der Waals surface area contributed by atoms with Gasteiger partial charge in [-0.3, -0.25) is 4.90 Å². The second kappa shape index (κ2) is 9.57. The van der Waals surface area contributed by atoms with Crippen molar-refractivity contribution in [2.24, 2.45) is 0 Å². The number of likely N-dealkylation sites (N-methyl/N-ethyl adjacent to an activating group) is 1. The van der Waals surface area contributed by atoms with Crippen LogP contribution in [0.1, 0.15) is 12.5 Å². The lowest BCUT2D eigenvalue weighted by molar-refractivity contribution is 0.132. The number of thioether (sulfide) groups is 1. The van der Waals surface area contributed by atoms with Crippen LogP contribution in [0.4, 0.5) is 11.1 Å². The molecular formula is C19H24N8S2. The Kier molecular flexibility index (Phi) is 6.65. The SMILES string of the molecule is CCN1CCN(Cc2cnc(Nc3ncc(-c4ccnc(SC)n4)s3)nc2)CC1. The summed E-state index contributed by atoms with van der Waals surface area (Å²) in [6, 6.07) is 1.89. The molecule has 3 aromatic heterocycles. The highest BCUT2D eigenvalue weighted by Crippen LogP contribution is 2.29. The van der Waals surface area contributed by atoms with E-state index in [9.17, 15) is 0 Å². The smallest absolute Gasteiger partial charge is 0.228 e. The highest BCUT2D eigenvalue weighted by molar-refractivity contribution is 7.98. The van der Waals surface area contributed by atoms with Gasteiger partial charge >= 0.3 is 0 Å². The minimum Gasteiger partial charge on any atom is -0.301 e. The van der Waals surface area contributed by atoms with Crippen molar-refractivity contribution < 1.29 is 0 Å². The van der Waals surface area contributed by atoms with Crippen LogP contribution >= 0.6 is 23.1 Å². The maximum atomic E-state index is 4.51. The molecule has 0 aliphatic carbocycles. The second-order valence-corrected chi connectivity index (χ2v) is 8.51. The van der Waals surface area contributed by atoms with E-state index in [1.54, 1.807) is 6.20 Å². The minimum absolute atomic E-state index is 0.554. The molecule has 1 saturated heterocycles. The van der Waals surface area contributed by atoms with Crippen molar-refractivity contribution in [3.05, 3.63) is 36.4 Å². The van der Waals surface area contributed by atoms with Gasteiger partial charge < -0.3 is 10.2 Å². The van der Waals surface area contributed by atoms with Crippen molar-refractivity contribution in [3.8, 4) is 10.6 Å². The third kappa shape index (κ3) is 5.27. The molecule has 4 heterocycles. The Morgan fingerprint density at radius 2 is 1.79 bits per heavy atom. The maximum absolute atomic E-state index is 4.51. The Balaban J connectivity index is 1.35. The number of nitrogens with zero attached hydrogens (tertiary/aromatic N) is 7. The van der Waals surface area contributed by atoms with E-state index in [2.05, 4.69) is 47.0 Å². The van der Waals surface area contributed by atoms with Crippen LogP contribution in [0.2, 0.25) is 0 Å². The summed E-state index contributed by atoms with van der Waals surface area (Å²) in [6.45, 7) is 8.70. The summed E-state index contributed by atoms with van der Waals surface area (Å²) in [5.41, 5.74) is 2.00. The first-order valence-electron chi connectivity index (χ1n) is 9.59. The standard InChI is InChI=1S/C19H24N8S2/c1-3-26-6-8-27(9-7-26)13-14-10-21-17(22-11-14)25-19-23-12-16(29-19)15-4-5-20-18(24-15)28-2/h4-5,10-12H,3,6-9,13H2,1-2H3,(H,21,22,23,25). The van der Waals surface area contributed by atoms with Crippen LogP contribution in [0.15, 0.2) is 36.0 Å². The van der Waals surface area contributed by atoms with Crippen LogP contribution in [0.5, 0.6) is 0 Å². The summed E-state index contributed by atoms with van der Waals surface area (Å²) >= 11 is 3.04. The minimum atomic E-state index is 0.554. The molecule has 10 heteroatoms. The molecule has 3 aromatic rings. The lowest BCUT2D eigenvalue weighted by Gasteiger charge is -2.33. The average Bonchev–Trinajstić information content (AvgIpc) is 3.24. The molecule has 0 aromatic carbocycles. The zero-order valence-electron chi connectivity index (χ0n) is 16.6. The van der Waals surface area contributed by atoms with E-state index in [1.165, 1.54) is 23.1 Å². The molecule has 8 nitrogen and oxygen atoms in total. The lowest BCUT2D eigenvalue weighted by atomic mass is 10.2. The van der Waals surface area contributed by atoms with Crippen molar-refractivity contribution >= 4 is 34.2 Å². The van der Waals surface area contributed by atoms with Gasteiger partial charge in [-0.1, -0.05) is 30.0 Å². The van der Waals surface area contributed by atoms with E-state index in [-0.39, 0.29) is 0 Å². The van der Waals surface area contributed by atoms with Crippen molar-refractivity contribution in [2.75, 3.05) is 44.3 Å². The number of thiazole rings is 1. The molecule has 0 saturated carbocycles. The highest BCUT2D eigenvalue weighted by Gasteiger charge is 2.16. The summed E-state index contributed by atoms with van der Waals surface area (Å²) in [5.74, 6) is 0.554. The fraction of sp³-hybridized carbons (Fsp3) is 0.421. The molecule has 0 unspecified atom stereocenters. The first-order chi connectivity index (χ1) is 14.2. The van der Waals surface area contributed by atoms with Gasteiger partial charge in [0.1, 0.15) is 0 Å². The summed E-state index contributed by atoms with van der Waals surface area (Å²) < 4.78 is 0. The Hall–Kier alpha value is -2.14. The van der Waals surface area contributed by atoms with Crippen LogP contribution in [-0.2, 0) is 6.54 Å². The van der Waals surface area contributed by atoms with Gasteiger partial charge in [0.05, 0.1) is 10.6 Å². The number of hydrogen-bond donors (Lipinski definition) is 1. The molecule has 29 heavy (non-hydrogen) atoms. The van der Waals surface area contributed by atoms with Crippen LogP contribution < -0.4 is 5.32 Å². The van der Waals surface area contributed by atoms with Gasteiger partial charge in [0, 0.05) is 63.1 Å². The monoisotopic (exact) mass is 428 g/mol. The number of rotatable bonds is 7. The molecule has 0 bridgehead atoms. The molecule has 0 spiro atoms. The fourth-order valence-electron chi connectivity index (χ4n) is 3.15. The maximum Gasteiger partial charge on any atom is 0.228 e. The molecule has 0 amide bonds. The number of anilines is 2. The Bertz CT molecular complexity index is 922. The van der Waals surface area contributed by atoms with Gasteiger partial charge in [-0.15, -0.1) is 0 Å². The van der Waals surface area contributed by atoms with Crippen molar-refractivity contribution in [2.45, 2.75) is 18.6 Å². The van der Waals surface area contributed by atoms with E-state index in [4.69, 9.17) is 0 Å². The Morgan fingerprint density at radius 1 is 1.03 bits per heavy atom. The quantitative estimate of drug-likeness (QED) is 0.451. The predicted molar refractivity (Wildman–Crippen MR) is 118 cm³/mol. The third-order valence-electron chi connectivity index (χ3n) is 4.82. The van der Waals surface area contributed by atoms with Crippen molar-refractivity contribution in [3.63, 3.8) is 0 Å². The number of hydrogen-bond acceptors (Lipinski definition) is 10. The van der Waals surface area contributed by atoms with Crippen LogP contribution in [0.3, 0.4) is 0 Å². The van der Waals surface area contributed by atoms with Gasteiger partial charge in [0.15, 0.2) is 10.3 Å². The number of aromatic nitrogens is 5. The van der Waals surface area contributed by atoms with E-state index >= 15 is 0 Å². The summed E-state index contributed by atoms with van der Waals surface area (Å²) in [5, 5.41) is 4.68. The summed E-state index contributed by atoms with van der Waals surface area (Å²) in [4.78, 5) is 28.0. The number of piperazine rings is 1. The molecule has 0 radical (unpaired) electrons. The topological polar surface area (TPSA) is 83.0 Å². The molecule has 4 rings (SSSR count). The van der Waals surface area contributed by atoms with Gasteiger partial charge in [-0.2, -0.15) is 0 Å². The molecule has 1 fully saturated rings. The van der Waals surface area contributed by atoms with E-state index in [0.717, 1.165) is 65.7 Å². The van der Waals surface area contributed by atoms with E-state index < -0.39 is 0 Å². The average molecular weight is 429 g/mol. The van der Waals surface area contributed by atoms with Gasteiger partial charge in [0.2, 0.25) is 5.95 Å². The summed E-state index contributed by atoms with van der Waals surface area (Å²) in [7, 11) is 0. The van der Waals surface area contributed by atoms with Crippen LogP contribution in [-0.4, -0.2) is 73.7 Å². The second-order valence-electron chi connectivity index (χ2n) is 6.71. The zero-order chi connectivity index (χ0) is 20.1. The zero-order valence-corrected chi connectivity index (χ0v) is 18.2. The van der Waals surface area contributed by atoms with Gasteiger partial charge in [0.25, 0.3) is 0 Å². The normalized spacial score (nSPS) is 15.5. The predicted octanol–water partition coefficient (Wildman–Crippen LogP) is 2.99. The third-order valence-corrected chi connectivity index (χ3v) is 6.31. The Morgan fingerprint density at radius 3 is 2.52 bits per heavy atom. The Labute approximate surface area is 178 Å². The van der Waals surface area contributed by atoms with Gasteiger partial charge in [-0.25, -0.2) is 24.9 Å². The first kappa shape index (κ1) is 20.1. The van der Waals surface area contributed by atoms with Crippen LogP contribution in [0, 0.1) is 0 Å². The van der Waals surface area contributed by atoms with Crippen molar-refractivity contribution in [1.29, 1.82) is 0 Å². The van der Waals surface area contributed by atoms with Crippen LogP contribution in [0.25, 0.3) is 10.6 Å². The first-order valence-corrected chi connectivity index (χ1v) is 11.6. The molecule has 1 aliphatic heterocycles. The highest BCUT2D eigenvalue weighted by atomic mass is 32.2. The van der Waals surface area contributed by atoms with Gasteiger partial charge in [-0.05, 0) is 18.9 Å². The van der Waals surface area contributed by atoms with E-state index in [0.29, 0.717) is 5.95 Å². The molecule has 152 valence electrons.